The number of halogens is 2. The summed E-state index contributed by atoms with van der Waals surface area (Å²) in [4.78, 5) is 12.1. The quantitative estimate of drug-likeness (QED) is 0.893. The van der Waals surface area contributed by atoms with Crippen molar-refractivity contribution < 1.29 is 9.53 Å². The Hall–Kier alpha value is -1.37. The third kappa shape index (κ3) is 3.82. The molecule has 0 unspecified atom stereocenters. The topological polar surface area (TPSA) is 56.1 Å². The number of methoxy groups -OCH3 is 1. The maximum absolute atomic E-state index is 12.1. The van der Waals surface area contributed by atoms with Gasteiger partial charge in [-0.1, -0.05) is 11.6 Å². The number of nitrogens with zero attached hydrogens (tertiary/aromatic N) is 2. The Morgan fingerprint density at radius 2 is 2.35 bits per heavy atom. The zero-order chi connectivity index (χ0) is 14.5. The van der Waals surface area contributed by atoms with Gasteiger partial charge >= 0.3 is 0 Å². The summed E-state index contributed by atoms with van der Waals surface area (Å²) in [5.41, 5.74) is 1.12. The van der Waals surface area contributed by atoms with E-state index in [0.29, 0.717) is 29.4 Å². The molecule has 7 heteroatoms. The Kier molecular flexibility index (Phi) is 5.17. The summed E-state index contributed by atoms with van der Waals surface area (Å²) in [5.74, 6) is -0.231. The van der Waals surface area contributed by atoms with Crippen LogP contribution in [0, 0.1) is 0 Å². The second-order valence-electron chi connectivity index (χ2n) is 4.07. The van der Waals surface area contributed by atoms with Crippen molar-refractivity contribution in [1.29, 1.82) is 0 Å². The molecule has 0 bridgehead atoms. The van der Waals surface area contributed by atoms with Crippen molar-refractivity contribution in [3.63, 3.8) is 0 Å². The second-order valence-corrected chi connectivity index (χ2v) is 5.33. The number of carbonyl (C=O) groups is 1. The van der Waals surface area contributed by atoms with E-state index in [9.17, 15) is 4.79 Å². The molecule has 1 aromatic carbocycles. The van der Waals surface area contributed by atoms with Gasteiger partial charge in [-0.25, -0.2) is 0 Å². The minimum absolute atomic E-state index is 0.231. The van der Waals surface area contributed by atoms with Crippen LogP contribution in [0.25, 0.3) is 0 Å². The van der Waals surface area contributed by atoms with Crippen molar-refractivity contribution in [1.82, 2.24) is 9.78 Å². The number of benzene rings is 1. The first-order valence-corrected chi connectivity index (χ1v) is 7.05. The van der Waals surface area contributed by atoms with E-state index in [1.54, 1.807) is 42.4 Å². The van der Waals surface area contributed by atoms with Crippen LogP contribution in [0.2, 0.25) is 5.02 Å². The van der Waals surface area contributed by atoms with E-state index in [0.717, 1.165) is 4.47 Å². The molecule has 1 amide bonds. The van der Waals surface area contributed by atoms with E-state index in [1.807, 2.05) is 0 Å². The molecule has 1 N–H and O–H groups in total. The van der Waals surface area contributed by atoms with Crippen molar-refractivity contribution in [3.05, 3.63) is 45.7 Å². The van der Waals surface area contributed by atoms with Gasteiger partial charge in [0.2, 0.25) is 0 Å². The normalized spacial score (nSPS) is 10.6. The third-order valence-corrected chi connectivity index (χ3v) is 3.83. The molecule has 1 heterocycles. The number of anilines is 1. The van der Waals surface area contributed by atoms with Gasteiger partial charge in [-0.2, -0.15) is 5.10 Å². The molecule has 0 aliphatic carbocycles. The first-order chi connectivity index (χ1) is 9.60. The molecule has 2 rings (SSSR count). The Morgan fingerprint density at radius 3 is 3.05 bits per heavy atom. The third-order valence-electron chi connectivity index (χ3n) is 2.60. The largest absolute Gasteiger partial charge is 0.383 e. The van der Waals surface area contributed by atoms with E-state index in [2.05, 4.69) is 26.3 Å². The van der Waals surface area contributed by atoms with Crippen LogP contribution in [0.3, 0.4) is 0 Å². The summed E-state index contributed by atoms with van der Waals surface area (Å²) in [5, 5.41) is 7.38. The summed E-state index contributed by atoms with van der Waals surface area (Å²) in [6.45, 7) is 1.20. The van der Waals surface area contributed by atoms with Gasteiger partial charge in [-0.3, -0.25) is 9.48 Å². The van der Waals surface area contributed by atoms with Crippen molar-refractivity contribution in [2.24, 2.45) is 0 Å². The first kappa shape index (κ1) is 15.0. The zero-order valence-corrected chi connectivity index (χ0v) is 13.1. The highest BCUT2D eigenvalue weighted by Crippen LogP contribution is 2.23. The van der Waals surface area contributed by atoms with Gasteiger partial charge in [0.1, 0.15) is 0 Å². The number of hydrogen-bond acceptors (Lipinski definition) is 3. The number of nitrogens with one attached hydrogen (secondary N) is 1. The first-order valence-electron chi connectivity index (χ1n) is 5.88. The standard InChI is InChI=1S/C13H13BrClN3O2/c1-20-5-4-18-8-10(7-16-18)17-13(19)9-2-3-11(14)12(15)6-9/h2-3,6-8H,4-5H2,1H3,(H,17,19). The molecule has 5 nitrogen and oxygen atoms in total. The van der Waals surface area contributed by atoms with Crippen LogP contribution in [0.15, 0.2) is 35.1 Å². The van der Waals surface area contributed by atoms with Gasteiger partial charge in [0.05, 0.1) is 30.1 Å². The lowest BCUT2D eigenvalue weighted by atomic mass is 10.2. The predicted molar refractivity (Wildman–Crippen MR) is 81.2 cm³/mol. The smallest absolute Gasteiger partial charge is 0.255 e. The molecule has 0 aliphatic heterocycles. The van der Waals surface area contributed by atoms with Gasteiger partial charge < -0.3 is 10.1 Å². The van der Waals surface area contributed by atoms with Gasteiger partial charge in [-0.15, -0.1) is 0 Å². The molecule has 0 fully saturated rings. The highest BCUT2D eigenvalue weighted by molar-refractivity contribution is 9.10. The highest BCUT2D eigenvalue weighted by atomic mass is 79.9. The molecule has 20 heavy (non-hydrogen) atoms. The molecular formula is C13H13BrClN3O2. The zero-order valence-electron chi connectivity index (χ0n) is 10.8. The lowest BCUT2D eigenvalue weighted by molar-refractivity contribution is 0.102. The van der Waals surface area contributed by atoms with Gasteiger partial charge in [0.15, 0.2) is 0 Å². The van der Waals surface area contributed by atoms with E-state index in [4.69, 9.17) is 16.3 Å². The fraction of sp³-hybridized carbons (Fsp3) is 0.231. The predicted octanol–water partition coefficient (Wildman–Crippen LogP) is 3.20. The summed E-state index contributed by atoms with van der Waals surface area (Å²) in [7, 11) is 1.63. The van der Waals surface area contributed by atoms with Gasteiger partial charge in [0.25, 0.3) is 5.91 Å². The van der Waals surface area contributed by atoms with Crippen molar-refractivity contribution in [2.45, 2.75) is 6.54 Å². The summed E-state index contributed by atoms with van der Waals surface area (Å²) in [6.07, 6.45) is 3.34. The molecule has 0 spiro atoms. The SMILES string of the molecule is COCCn1cc(NC(=O)c2ccc(Br)c(Cl)c2)cn1. The van der Waals surface area contributed by atoms with Gasteiger partial charge in [-0.05, 0) is 34.1 Å². The van der Waals surface area contributed by atoms with E-state index in [1.165, 1.54) is 0 Å². The maximum Gasteiger partial charge on any atom is 0.255 e. The molecule has 0 aliphatic rings. The van der Waals surface area contributed by atoms with E-state index in [-0.39, 0.29) is 5.91 Å². The van der Waals surface area contributed by atoms with Gasteiger partial charge in [0, 0.05) is 23.3 Å². The number of ether oxygens (including phenoxy) is 1. The average molecular weight is 359 g/mol. The molecule has 1 aromatic heterocycles. The second kappa shape index (κ2) is 6.88. The molecule has 0 saturated heterocycles. The van der Waals surface area contributed by atoms with Crippen LogP contribution in [-0.2, 0) is 11.3 Å². The monoisotopic (exact) mass is 357 g/mol. The van der Waals surface area contributed by atoms with Crippen molar-refractivity contribution >= 4 is 39.1 Å². The Morgan fingerprint density at radius 1 is 1.55 bits per heavy atom. The molecule has 0 atom stereocenters. The van der Waals surface area contributed by atoms with Crippen LogP contribution in [-0.4, -0.2) is 29.4 Å². The summed E-state index contributed by atoms with van der Waals surface area (Å²) in [6, 6.07) is 5.04. The minimum Gasteiger partial charge on any atom is -0.383 e. The fourth-order valence-electron chi connectivity index (χ4n) is 1.58. The number of rotatable bonds is 5. The number of aromatic nitrogens is 2. The molecule has 106 valence electrons. The van der Waals surface area contributed by atoms with Crippen LogP contribution >= 0.6 is 27.5 Å². The maximum atomic E-state index is 12.1. The summed E-state index contributed by atoms with van der Waals surface area (Å²) >= 11 is 9.25. The van der Waals surface area contributed by atoms with Crippen LogP contribution in [0.4, 0.5) is 5.69 Å². The summed E-state index contributed by atoms with van der Waals surface area (Å²) < 4.78 is 7.42. The average Bonchev–Trinajstić information content (AvgIpc) is 2.87. The highest BCUT2D eigenvalue weighted by Gasteiger charge is 2.09. The van der Waals surface area contributed by atoms with E-state index >= 15 is 0 Å². The van der Waals surface area contributed by atoms with Crippen molar-refractivity contribution in [2.75, 3.05) is 19.0 Å². The lowest BCUT2D eigenvalue weighted by Crippen LogP contribution is -2.11. The number of amides is 1. The van der Waals surface area contributed by atoms with Crippen LogP contribution in [0.5, 0.6) is 0 Å². The van der Waals surface area contributed by atoms with Crippen molar-refractivity contribution in [3.8, 4) is 0 Å². The Balaban J connectivity index is 2.03. The van der Waals surface area contributed by atoms with Crippen LogP contribution in [0.1, 0.15) is 10.4 Å². The Bertz CT molecular complexity index is 615. The number of hydrogen-bond donors (Lipinski definition) is 1. The molecular weight excluding hydrogens is 346 g/mol. The molecule has 2 aromatic rings. The molecule has 0 radical (unpaired) electrons. The minimum atomic E-state index is -0.231. The number of carbonyl (C=O) groups excluding carboxylic acids is 1. The van der Waals surface area contributed by atoms with Crippen LogP contribution < -0.4 is 5.32 Å². The lowest BCUT2D eigenvalue weighted by Gasteiger charge is -2.04. The van der Waals surface area contributed by atoms with E-state index < -0.39 is 0 Å². The molecule has 0 saturated carbocycles. The Labute approximate surface area is 130 Å². The fourth-order valence-corrected chi connectivity index (χ4v) is 2.00.